The lowest BCUT2D eigenvalue weighted by Gasteiger charge is -2.30. The van der Waals surface area contributed by atoms with E-state index < -0.39 is 0 Å². The molecule has 2 aliphatic rings. The lowest BCUT2D eigenvalue weighted by molar-refractivity contribution is -0.112. The van der Waals surface area contributed by atoms with Gasteiger partial charge in [-0.05, 0) is 49.4 Å². The van der Waals surface area contributed by atoms with E-state index in [2.05, 4.69) is 25.8 Å². The van der Waals surface area contributed by atoms with E-state index in [1.165, 1.54) is 0 Å². The van der Waals surface area contributed by atoms with Crippen LogP contribution in [0.25, 0.3) is 0 Å². The van der Waals surface area contributed by atoms with Crippen molar-refractivity contribution in [3.05, 3.63) is 58.1 Å². The summed E-state index contributed by atoms with van der Waals surface area (Å²) in [6.45, 7) is 5.50. The normalized spacial score (nSPS) is 18.0. The summed E-state index contributed by atoms with van der Waals surface area (Å²) in [7, 11) is 0. The van der Waals surface area contributed by atoms with Crippen molar-refractivity contribution in [1.29, 1.82) is 0 Å². The number of morpholine rings is 1. The van der Waals surface area contributed by atoms with Crippen LogP contribution >= 0.6 is 15.9 Å². The minimum absolute atomic E-state index is 0.135. The molecule has 0 saturated carbocycles. The highest BCUT2D eigenvalue weighted by atomic mass is 79.9. The Labute approximate surface area is 183 Å². The van der Waals surface area contributed by atoms with Gasteiger partial charge in [0, 0.05) is 23.1 Å². The van der Waals surface area contributed by atoms with E-state index in [4.69, 9.17) is 9.47 Å². The zero-order chi connectivity index (χ0) is 21.1. The van der Waals surface area contributed by atoms with Crippen molar-refractivity contribution in [2.75, 3.05) is 44.5 Å². The molecule has 156 valence electrons. The van der Waals surface area contributed by atoms with Gasteiger partial charge in [0.05, 0.1) is 43.4 Å². The lowest BCUT2D eigenvalue weighted by atomic mass is 10.1. The van der Waals surface area contributed by atoms with Crippen molar-refractivity contribution in [3.8, 4) is 0 Å². The van der Waals surface area contributed by atoms with Crippen molar-refractivity contribution in [2.24, 2.45) is 4.99 Å². The van der Waals surface area contributed by atoms with Crippen LogP contribution in [-0.4, -0.2) is 62.1 Å². The van der Waals surface area contributed by atoms with Crippen LogP contribution in [0, 0.1) is 0 Å². The number of aliphatic imine (C=N–C) groups is 1. The molecule has 2 heterocycles. The Morgan fingerprint density at radius 2 is 1.90 bits per heavy atom. The summed E-state index contributed by atoms with van der Waals surface area (Å²) < 4.78 is 11.3. The molecule has 0 spiro atoms. The van der Waals surface area contributed by atoms with Crippen LogP contribution in [0.3, 0.4) is 0 Å². The molecule has 0 N–H and O–H groups in total. The fourth-order valence-electron chi connectivity index (χ4n) is 3.49. The second-order valence-electron chi connectivity index (χ2n) is 6.99. The predicted octanol–water partition coefficient (Wildman–Crippen LogP) is 3.38. The monoisotopic (exact) mass is 471 g/mol. The Balaban J connectivity index is 1.63. The molecule has 7 nitrogen and oxygen atoms in total. The number of anilines is 1. The molecule has 8 heteroatoms. The number of nitrogens with zero attached hydrogens (tertiary/aromatic N) is 3. The van der Waals surface area contributed by atoms with E-state index in [0.717, 1.165) is 28.8 Å². The molecule has 0 radical (unpaired) electrons. The van der Waals surface area contributed by atoms with Crippen LogP contribution in [0.15, 0.2) is 51.9 Å². The Hall–Kier alpha value is -2.55. The topological polar surface area (TPSA) is 71.4 Å². The van der Waals surface area contributed by atoms with Crippen LogP contribution in [0.1, 0.15) is 22.8 Å². The molecular weight excluding hydrogens is 450 g/mol. The van der Waals surface area contributed by atoms with Gasteiger partial charge in [-0.25, -0.2) is 9.79 Å². The summed E-state index contributed by atoms with van der Waals surface area (Å²) >= 11 is 3.49. The van der Waals surface area contributed by atoms with E-state index in [0.29, 0.717) is 43.5 Å². The van der Waals surface area contributed by atoms with Crippen molar-refractivity contribution in [1.82, 2.24) is 4.90 Å². The number of hydrogen-bond acceptors (Lipinski definition) is 6. The molecule has 1 saturated heterocycles. The first-order chi connectivity index (χ1) is 14.6. The second kappa shape index (κ2) is 9.07. The molecule has 0 aliphatic carbocycles. The quantitative estimate of drug-likeness (QED) is 0.625. The number of fused-ring (bicyclic) bond motifs is 1. The average Bonchev–Trinajstić information content (AvgIpc) is 3.00. The molecule has 2 aromatic carbocycles. The number of hydrogen-bond donors (Lipinski definition) is 0. The summed E-state index contributed by atoms with van der Waals surface area (Å²) in [4.78, 5) is 33.7. The number of halogens is 1. The molecular formula is C22H22BrN3O4. The average molecular weight is 472 g/mol. The Morgan fingerprint density at radius 3 is 2.60 bits per heavy atom. The van der Waals surface area contributed by atoms with Crippen LogP contribution < -0.4 is 4.90 Å². The predicted molar refractivity (Wildman–Crippen MR) is 117 cm³/mol. The van der Waals surface area contributed by atoms with Crippen molar-refractivity contribution >= 4 is 44.9 Å². The molecule has 0 unspecified atom stereocenters. The molecule has 2 aromatic rings. The third kappa shape index (κ3) is 4.30. The van der Waals surface area contributed by atoms with Gasteiger partial charge in [-0.15, -0.1) is 0 Å². The number of rotatable bonds is 5. The van der Waals surface area contributed by atoms with Gasteiger partial charge in [0.25, 0.3) is 5.91 Å². The van der Waals surface area contributed by atoms with Gasteiger partial charge in [-0.2, -0.15) is 0 Å². The largest absolute Gasteiger partial charge is 0.462 e. The standard InChI is InChI=1S/C22H22BrN3O4/c1-2-30-22(28)15-3-6-17(7-4-15)24-20-18-13-16(23)5-8-19(18)26(21(20)27)14-25-9-11-29-12-10-25/h3-8,13H,2,9-12,14H2,1H3. The lowest BCUT2D eigenvalue weighted by Crippen LogP contribution is -2.45. The van der Waals surface area contributed by atoms with E-state index in [1.54, 1.807) is 36.1 Å². The molecule has 0 atom stereocenters. The molecule has 2 aliphatic heterocycles. The second-order valence-corrected chi connectivity index (χ2v) is 7.91. The van der Waals surface area contributed by atoms with Gasteiger partial charge in [-0.3, -0.25) is 14.6 Å². The van der Waals surface area contributed by atoms with Crippen molar-refractivity contribution < 1.29 is 19.1 Å². The number of amides is 1. The molecule has 1 amide bonds. The maximum absolute atomic E-state index is 13.3. The van der Waals surface area contributed by atoms with Gasteiger partial charge < -0.3 is 9.47 Å². The summed E-state index contributed by atoms with van der Waals surface area (Å²) in [5, 5.41) is 0. The van der Waals surface area contributed by atoms with E-state index in [9.17, 15) is 9.59 Å². The van der Waals surface area contributed by atoms with Crippen LogP contribution in [-0.2, 0) is 14.3 Å². The fourth-order valence-corrected chi connectivity index (χ4v) is 3.85. The number of esters is 1. The molecule has 0 bridgehead atoms. The molecule has 1 fully saturated rings. The third-order valence-electron chi connectivity index (χ3n) is 5.02. The number of carbonyl (C=O) groups is 2. The third-order valence-corrected chi connectivity index (χ3v) is 5.51. The maximum Gasteiger partial charge on any atom is 0.338 e. The molecule has 0 aromatic heterocycles. The first-order valence-electron chi connectivity index (χ1n) is 9.84. The SMILES string of the molecule is CCOC(=O)c1ccc(N=C2C(=O)N(CN3CCOCC3)c3ccc(Br)cc32)cc1. The fraction of sp³-hybridized carbons (Fsp3) is 0.318. The minimum Gasteiger partial charge on any atom is -0.462 e. The zero-order valence-electron chi connectivity index (χ0n) is 16.6. The zero-order valence-corrected chi connectivity index (χ0v) is 18.2. The summed E-state index contributed by atoms with van der Waals surface area (Å²) in [6.07, 6.45) is 0. The highest BCUT2D eigenvalue weighted by Crippen LogP contribution is 2.33. The first kappa shape index (κ1) is 20.7. The first-order valence-corrected chi connectivity index (χ1v) is 10.6. The Bertz CT molecular complexity index is 984. The van der Waals surface area contributed by atoms with Crippen LogP contribution in [0.2, 0.25) is 0 Å². The smallest absolute Gasteiger partial charge is 0.338 e. The summed E-state index contributed by atoms with van der Waals surface area (Å²) in [5.41, 5.74) is 3.08. The van der Waals surface area contributed by atoms with Gasteiger partial charge >= 0.3 is 5.97 Å². The van der Waals surface area contributed by atoms with Gasteiger partial charge in [0.1, 0.15) is 5.71 Å². The van der Waals surface area contributed by atoms with Gasteiger partial charge in [0.15, 0.2) is 0 Å². The minimum atomic E-state index is -0.375. The number of benzene rings is 2. The summed E-state index contributed by atoms with van der Waals surface area (Å²) in [6, 6.07) is 12.5. The maximum atomic E-state index is 13.3. The molecule has 30 heavy (non-hydrogen) atoms. The highest BCUT2D eigenvalue weighted by Gasteiger charge is 2.35. The van der Waals surface area contributed by atoms with Crippen LogP contribution in [0.4, 0.5) is 11.4 Å². The van der Waals surface area contributed by atoms with Gasteiger partial charge in [-0.1, -0.05) is 15.9 Å². The van der Waals surface area contributed by atoms with Crippen LogP contribution in [0.5, 0.6) is 0 Å². The van der Waals surface area contributed by atoms with Crippen molar-refractivity contribution in [3.63, 3.8) is 0 Å². The van der Waals surface area contributed by atoms with E-state index in [-0.39, 0.29) is 11.9 Å². The van der Waals surface area contributed by atoms with Crippen molar-refractivity contribution in [2.45, 2.75) is 6.92 Å². The van der Waals surface area contributed by atoms with E-state index in [1.807, 2.05) is 18.2 Å². The Kier molecular flexibility index (Phi) is 6.26. The summed E-state index contributed by atoms with van der Waals surface area (Å²) in [5.74, 6) is -0.510. The van der Waals surface area contributed by atoms with Gasteiger partial charge in [0.2, 0.25) is 0 Å². The number of ether oxygens (including phenoxy) is 2. The highest BCUT2D eigenvalue weighted by molar-refractivity contribution is 9.10. The Morgan fingerprint density at radius 1 is 1.17 bits per heavy atom. The van der Waals surface area contributed by atoms with E-state index >= 15 is 0 Å². The number of carbonyl (C=O) groups excluding carboxylic acids is 2. The molecule has 4 rings (SSSR count).